The molecule has 0 aliphatic rings. The highest BCUT2D eigenvalue weighted by molar-refractivity contribution is 7.11. The van der Waals surface area contributed by atoms with Crippen LogP contribution in [0.3, 0.4) is 0 Å². The van der Waals surface area contributed by atoms with Crippen molar-refractivity contribution in [1.29, 1.82) is 0 Å². The van der Waals surface area contributed by atoms with Gasteiger partial charge in [-0.3, -0.25) is 5.43 Å². The van der Waals surface area contributed by atoms with Crippen molar-refractivity contribution in [3.05, 3.63) is 38.6 Å². The smallest absolute Gasteiger partial charge is 0.260 e. The van der Waals surface area contributed by atoms with Gasteiger partial charge in [0.15, 0.2) is 5.82 Å². The van der Waals surface area contributed by atoms with Crippen LogP contribution in [0.5, 0.6) is 0 Å². The number of aromatic amines is 1. The SMILES string of the molecule is Cc1n[nH]c(=O)nc1N/N=C/c1cccs1. The van der Waals surface area contributed by atoms with E-state index in [-0.39, 0.29) is 0 Å². The Bertz CT molecular complexity index is 545. The van der Waals surface area contributed by atoms with Crippen molar-refractivity contribution in [1.82, 2.24) is 15.2 Å². The Morgan fingerprint density at radius 1 is 1.62 bits per heavy atom. The lowest BCUT2D eigenvalue weighted by atomic mass is 10.5. The van der Waals surface area contributed by atoms with Crippen LogP contribution in [0.1, 0.15) is 10.6 Å². The van der Waals surface area contributed by atoms with E-state index >= 15 is 0 Å². The third-order valence-electron chi connectivity index (χ3n) is 1.78. The topological polar surface area (TPSA) is 83.0 Å². The average molecular weight is 235 g/mol. The molecule has 0 amide bonds. The van der Waals surface area contributed by atoms with Crippen LogP contribution in [0.15, 0.2) is 27.4 Å². The maximum atomic E-state index is 10.9. The molecule has 0 aromatic carbocycles. The van der Waals surface area contributed by atoms with Crippen LogP contribution < -0.4 is 11.1 Å². The minimum absolute atomic E-state index is 0.358. The fourth-order valence-corrected chi connectivity index (χ4v) is 1.60. The van der Waals surface area contributed by atoms with Gasteiger partial charge in [0.25, 0.3) is 0 Å². The standard InChI is InChI=1S/C9H9N5OS/c1-6-8(11-9(15)14-12-6)13-10-5-7-3-2-4-16-7/h2-5H,1H3,(H2,11,13,14,15)/b10-5+. The summed E-state index contributed by atoms with van der Waals surface area (Å²) in [7, 11) is 0. The number of thiophene rings is 1. The molecule has 0 unspecified atom stereocenters. The van der Waals surface area contributed by atoms with E-state index in [2.05, 4.69) is 25.7 Å². The van der Waals surface area contributed by atoms with E-state index in [0.717, 1.165) is 4.88 Å². The minimum Gasteiger partial charge on any atom is -0.260 e. The fourth-order valence-electron chi connectivity index (χ4n) is 1.02. The number of H-pyrrole nitrogens is 1. The summed E-state index contributed by atoms with van der Waals surface area (Å²) in [5.41, 5.74) is 2.76. The molecule has 0 aliphatic carbocycles. The fraction of sp³-hybridized carbons (Fsp3) is 0.111. The molecule has 0 fully saturated rings. The van der Waals surface area contributed by atoms with Gasteiger partial charge in [0, 0.05) is 4.88 Å². The molecule has 0 aliphatic heterocycles. The maximum absolute atomic E-state index is 10.9. The van der Waals surface area contributed by atoms with E-state index in [1.165, 1.54) is 0 Å². The van der Waals surface area contributed by atoms with Crippen molar-refractivity contribution in [2.24, 2.45) is 5.10 Å². The molecule has 2 N–H and O–H groups in total. The van der Waals surface area contributed by atoms with Gasteiger partial charge in [-0.1, -0.05) is 6.07 Å². The summed E-state index contributed by atoms with van der Waals surface area (Å²) < 4.78 is 0. The second-order valence-corrected chi connectivity index (χ2v) is 3.94. The van der Waals surface area contributed by atoms with Gasteiger partial charge in [0.05, 0.1) is 6.21 Å². The number of hydrazone groups is 1. The van der Waals surface area contributed by atoms with Crippen molar-refractivity contribution >= 4 is 23.4 Å². The lowest BCUT2D eigenvalue weighted by molar-refractivity contribution is 0.879. The lowest BCUT2D eigenvalue weighted by Gasteiger charge is -1.99. The summed E-state index contributed by atoms with van der Waals surface area (Å²) in [5, 5.41) is 11.9. The summed E-state index contributed by atoms with van der Waals surface area (Å²) in [6, 6.07) is 3.87. The largest absolute Gasteiger partial charge is 0.363 e. The molecule has 2 aromatic rings. The normalized spacial score (nSPS) is 10.8. The zero-order valence-electron chi connectivity index (χ0n) is 8.47. The first-order valence-electron chi connectivity index (χ1n) is 4.51. The highest BCUT2D eigenvalue weighted by Gasteiger charge is 1.99. The van der Waals surface area contributed by atoms with E-state index in [4.69, 9.17) is 0 Å². The Kier molecular flexibility index (Phi) is 3.06. The maximum Gasteiger partial charge on any atom is 0.363 e. The predicted molar refractivity (Wildman–Crippen MR) is 62.9 cm³/mol. The number of nitrogens with zero attached hydrogens (tertiary/aromatic N) is 3. The molecule has 0 radical (unpaired) electrons. The van der Waals surface area contributed by atoms with Gasteiger partial charge in [0.2, 0.25) is 0 Å². The molecule has 0 saturated heterocycles. The molecule has 82 valence electrons. The van der Waals surface area contributed by atoms with Gasteiger partial charge in [-0.15, -0.1) is 11.3 Å². The quantitative estimate of drug-likeness (QED) is 0.613. The van der Waals surface area contributed by atoms with E-state index < -0.39 is 5.69 Å². The third-order valence-corrected chi connectivity index (χ3v) is 2.59. The van der Waals surface area contributed by atoms with E-state index in [0.29, 0.717) is 11.5 Å². The molecule has 0 atom stereocenters. The zero-order valence-corrected chi connectivity index (χ0v) is 9.28. The monoisotopic (exact) mass is 235 g/mol. The Hall–Kier alpha value is -2.02. The molecule has 6 nitrogen and oxygen atoms in total. The van der Waals surface area contributed by atoms with E-state index in [1.807, 2.05) is 17.5 Å². The van der Waals surface area contributed by atoms with Gasteiger partial charge in [-0.2, -0.15) is 15.2 Å². The number of hydrogen-bond donors (Lipinski definition) is 2. The van der Waals surface area contributed by atoms with Gasteiger partial charge in [-0.05, 0) is 18.4 Å². The van der Waals surface area contributed by atoms with Crippen LogP contribution >= 0.6 is 11.3 Å². The molecule has 0 spiro atoms. The Morgan fingerprint density at radius 2 is 2.50 bits per heavy atom. The van der Waals surface area contributed by atoms with Crippen LogP contribution in [0.2, 0.25) is 0 Å². The predicted octanol–water partition coefficient (Wildman–Crippen LogP) is 0.981. The number of hydrogen-bond acceptors (Lipinski definition) is 6. The van der Waals surface area contributed by atoms with Gasteiger partial charge < -0.3 is 0 Å². The molecule has 2 heterocycles. The molecule has 7 heteroatoms. The van der Waals surface area contributed by atoms with Gasteiger partial charge >= 0.3 is 5.69 Å². The second-order valence-electron chi connectivity index (χ2n) is 2.96. The first kappa shape index (κ1) is 10.5. The summed E-state index contributed by atoms with van der Waals surface area (Å²) >= 11 is 1.57. The third kappa shape index (κ3) is 2.51. The highest BCUT2D eigenvalue weighted by atomic mass is 32.1. The van der Waals surface area contributed by atoms with Crippen molar-refractivity contribution in [2.75, 3.05) is 5.43 Å². The highest BCUT2D eigenvalue weighted by Crippen LogP contribution is 2.06. The first-order chi connectivity index (χ1) is 7.75. The minimum atomic E-state index is -0.501. The summed E-state index contributed by atoms with van der Waals surface area (Å²) in [6.07, 6.45) is 1.66. The van der Waals surface area contributed by atoms with Crippen molar-refractivity contribution in [3.63, 3.8) is 0 Å². The van der Waals surface area contributed by atoms with Gasteiger partial charge in [0.1, 0.15) is 5.69 Å². The molecule has 0 bridgehead atoms. The van der Waals surface area contributed by atoms with Gasteiger partial charge in [-0.25, -0.2) is 9.89 Å². The number of nitrogens with one attached hydrogen (secondary N) is 2. The first-order valence-corrected chi connectivity index (χ1v) is 5.39. The number of aryl methyl sites for hydroxylation is 1. The molecule has 0 saturated carbocycles. The summed E-state index contributed by atoms with van der Waals surface area (Å²) in [6.45, 7) is 1.73. The average Bonchev–Trinajstić information content (AvgIpc) is 2.76. The van der Waals surface area contributed by atoms with Crippen LogP contribution in [0.4, 0.5) is 5.82 Å². The molecule has 16 heavy (non-hydrogen) atoms. The van der Waals surface area contributed by atoms with Crippen LogP contribution in [0.25, 0.3) is 0 Å². The van der Waals surface area contributed by atoms with Crippen LogP contribution in [0, 0.1) is 6.92 Å². The second kappa shape index (κ2) is 4.67. The summed E-state index contributed by atoms with van der Waals surface area (Å²) in [5.74, 6) is 0.358. The molecule has 2 rings (SSSR count). The molecular formula is C9H9N5OS. The Balaban J connectivity index is 2.10. The van der Waals surface area contributed by atoms with Crippen molar-refractivity contribution < 1.29 is 0 Å². The van der Waals surface area contributed by atoms with E-state index in [9.17, 15) is 4.79 Å². The lowest BCUT2D eigenvalue weighted by Crippen LogP contribution is -2.15. The number of aromatic nitrogens is 3. The van der Waals surface area contributed by atoms with Crippen molar-refractivity contribution in [2.45, 2.75) is 6.92 Å². The molecular weight excluding hydrogens is 226 g/mol. The Labute approximate surface area is 95.1 Å². The molecule has 2 aromatic heterocycles. The van der Waals surface area contributed by atoms with E-state index in [1.54, 1.807) is 24.5 Å². The Morgan fingerprint density at radius 3 is 3.25 bits per heavy atom. The van der Waals surface area contributed by atoms with Crippen LogP contribution in [-0.2, 0) is 0 Å². The number of rotatable bonds is 3. The van der Waals surface area contributed by atoms with Crippen LogP contribution in [-0.4, -0.2) is 21.4 Å². The summed E-state index contributed by atoms with van der Waals surface area (Å²) in [4.78, 5) is 15.6. The zero-order chi connectivity index (χ0) is 11.4. The number of anilines is 1. The van der Waals surface area contributed by atoms with Crippen molar-refractivity contribution in [3.8, 4) is 0 Å².